The number of aromatic nitrogens is 3. The second-order valence-electron chi connectivity index (χ2n) is 7.87. The number of hydrogen-bond donors (Lipinski definition) is 1. The lowest BCUT2D eigenvalue weighted by Crippen LogP contribution is -2.35. The summed E-state index contributed by atoms with van der Waals surface area (Å²) in [6, 6.07) is 25.3. The number of aromatic amines is 1. The molecule has 4 aromatic rings. The summed E-state index contributed by atoms with van der Waals surface area (Å²) in [7, 11) is 0. The van der Waals surface area contributed by atoms with E-state index in [9.17, 15) is 4.79 Å². The number of pyridine rings is 1. The highest BCUT2D eigenvalue weighted by Gasteiger charge is 2.22. The SMILES string of the molecule is N#Cc1cccc(-c2cccc(CN3CCc4nc(-c5ccccc5)[nH]c(=O)c4C3)n2)c1. The van der Waals surface area contributed by atoms with E-state index in [1.807, 2.05) is 66.7 Å². The standard InChI is InChI=1S/C26H21N5O/c27-15-18-6-4-9-20(14-18)23-11-5-10-21(28-23)16-31-13-12-24-22(17-31)26(32)30-25(29-24)19-7-2-1-3-8-19/h1-11,14H,12-13,16-17H2,(H,29,30,32). The van der Waals surface area contributed by atoms with Crippen molar-refractivity contribution < 1.29 is 0 Å². The third-order valence-electron chi connectivity index (χ3n) is 5.67. The highest BCUT2D eigenvalue weighted by atomic mass is 16.1. The summed E-state index contributed by atoms with van der Waals surface area (Å²) in [6.07, 6.45) is 0.725. The van der Waals surface area contributed by atoms with E-state index in [1.165, 1.54) is 0 Å². The van der Waals surface area contributed by atoms with Gasteiger partial charge in [0.2, 0.25) is 0 Å². The van der Waals surface area contributed by atoms with E-state index in [0.717, 1.165) is 46.7 Å². The van der Waals surface area contributed by atoms with E-state index in [1.54, 1.807) is 6.07 Å². The maximum Gasteiger partial charge on any atom is 0.255 e. The molecule has 0 bridgehead atoms. The molecule has 0 radical (unpaired) electrons. The van der Waals surface area contributed by atoms with Gasteiger partial charge in [-0.25, -0.2) is 4.98 Å². The molecule has 32 heavy (non-hydrogen) atoms. The van der Waals surface area contributed by atoms with Gasteiger partial charge < -0.3 is 4.98 Å². The Morgan fingerprint density at radius 1 is 0.969 bits per heavy atom. The average molecular weight is 419 g/mol. The average Bonchev–Trinajstić information content (AvgIpc) is 2.85. The first-order valence-electron chi connectivity index (χ1n) is 10.6. The Bertz CT molecular complexity index is 1370. The van der Waals surface area contributed by atoms with Crippen LogP contribution in [0.4, 0.5) is 0 Å². The van der Waals surface area contributed by atoms with Crippen molar-refractivity contribution in [3.63, 3.8) is 0 Å². The van der Waals surface area contributed by atoms with Crippen LogP contribution in [0.3, 0.4) is 0 Å². The Morgan fingerprint density at radius 2 is 1.78 bits per heavy atom. The number of fused-ring (bicyclic) bond motifs is 1. The van der Waals surface area contributed by atoms with Crippen molar-refractivity contribution >= 4 is 0 Å². The van der Waals surface area contributed by atoms with Gasteiger partial charge in [0.1, 0.15) is 5.82 Å². The molecule has 2 aromatic carbocycles. The molecule has 0 saturated carbocycles. The van der Waals surface area contributed by atoms with Crippen LogP contribution in [-0.4, -0.2) is 26.4 Å². The summed E-state index contributed by atoms with van der Waals surface area (Å²) in [5, 5.41) is 9.15. The molecule has 3 heterocycles. The molecular formula is C26H21N5O. The van der Waals surface area contributed by atoms with Crippen molar-refractivity contribution in [1.29, 1.82) is 5.26 Å². The monoisotopic (exact) mass is 419 g/mol. The molecule has 0 fully saturated rings. The molecule has 0 saturated heterocycles. The van der Waals surface area contributed by atoms with E-state index in [-0.39, 0.29) is 5.56 Å². The minimum atomic E-state index is -0.0754. The highest BCUT2D eigenvalue weighted by molar-refractivity contribution is 5.61. The molecule has 0 unspecified atom stereocenters. The fourth-order valence-corrected chi connectivity index (χ4v) is 4.05. The number of nitriles is 1. The number of hydrogen-bond acceptors (Lipinski definition) is 5. The smallest absolute Gasteiger partial charge is 0.255 e. The number of benzene rings is 2. The first-order valence-corrected chi connectivity index (χ1v) is 10.6. The van der Waals surface area contributed by atoms with Crippen LogP contribution in [0.1, 0.15) is 22.5 Å². The number of nitrogens with one attached hydrogen (secondary N) is 1. The first kappa shape index (κ1) is 19.9. The summed E-state index contributed by atoms with van der Waals surface area (Å²) < 4.78 is 0. The maximum absolute atomic E-state index is 12.8. The second kappa shape index (κ2) is 8.58. The normalized spacial score (nSPS) is 13.3. The quantitative estimate of drug-likeness (QED) is 0.542. The molecule has 0 spiro atoms. The third-order valence-corrected chi connectivity index (χ3v) is 5.67. The van der Waals surface area contributed by atoms with Gasteiger partial charge in [-0.1, -0.05) is 48.5 Å². The van der Waals surface area contributed by atoms with Crippen LogP contribution in [0, 0.1) is 11.3 Å². The molecule has 156 valence electrons. The molecule has 6 nitrogen and oxygen atoms in total. The van der Waals surface area contributed by atoms with Gasteiger partial charge >= 0.3 is 0 Å². The Labute approximate surface area is 185 Å². The minimum absolute atomic E-state index is 0.0754. The van der Waals surface area contributed by atoms with Gasteiger partial charge in [-0.15, -0.1) is 0 Å². The zero-order valence-corrected chi connectivity index (χ0v) is 17.5. The molecule has 1 aliphatic rings. The van der Waals surface area contributed by atoms with Crippen molar-refractivity contribution in [1.82, 2.24) is 19.9 Å². The fourth-order valence-electron chi connectivity index (χ4n) is 4.05. The second-order valence-corrected chi connectivity index (χ2v) is 7.87. The lowest BCUT2D eigenvalue weighted by Gasteiger charge is -2.27. The number of H-pyrrole nitrogens is 1. The summed E-state index contributed by atoms with van der Waals surface area (Å²) >= 11 is 0. The van der Waals surface area contributed by atoms with Crippen molar-refractivity contribution in [3.8, 4) is 28.7 Å². The van der Waals surface area contributed by atoms with Crippen LogP contribution < -0.4 is 5.56 Å². The Morgan fingerprint density at radius 3 is 2.62 bits per heavy atom. The Balaban J connectivity index is 1.36. The molecular weight excluding hydrogens is 398 g/mol. The maximum atomic E-state index is 12.8. The van der Waals surface area contributed by atoms with Crippen LogP contribution in [0.2, 0.25) is 0 Å². The zero-order valence-electron chi connectivity index (χ0n) is 17.5. The van der Waals surface area contributed by atoms with Crippen LogP contribution >= 0.6 is 0 Å². The predicted molar refractivity (Wildman–Crippen MR) is 122 cm³/mol. The van der Waals surface area contributed by atoms with E-state index in [0.29, 0.717) is 24.5 Å². The molecule has 1 N–H and O–H groups in total. The lowest BCUT2D eigenvalue weighted by molar-refractivity contribution is 0.239. The molecule has 0 aliphatic carbocycles. The first-order chi connectivity index (χ1) is 15.7. The van der Waals surface area contributed by atoms with Crippen molar-refractivity contribution in [2.45, 2.75) is 19.5 Å². The number of nitrogens with zero attached hydrogens (tertiary/aromatic N) is 4. The topological polar surface area (TPSA) is 85.7 Å². The molecule has 6 heteroatoms. The molecule has 2 aromatic heterocycles. The summed E-state index contributed by atoms with van der Waals surface area (Å²) in [6.45, 7) is 2.00. The van der Waals surface area contributed by atoms with Crippen LogP contribution in [0.25, 0.3) is 22.6 Å². The van der Waals surface area contributed by atoms with E-state index < -0.39 is 0 Å². The van der Waals surface area contributed by atoms with Gasteiger partial charge in [-0.3, -0.25) is 14.7 Å². The molecule has 5 rings (SSSR count). The van der Waals surface area contributed by atoms with Gasteiger partial charge in [-0.2, -0.15) is 5.26 Å². The van der Waals surface area contributed by atoms with Crippen molar-refractivity contribution in [3.05, 3.63) is 106 Å². The highest BCUT2D eigenvalue weighted by Crippen LogP contribution is 2.22. The lowest BCUT2D eigenvalue weighted by atomic mass is 10.1. The zero-order chi connectivity index (χ0) is 21.9. The van der Waals surface area contributed by atoms with E-state index >= 15 is 0 Å². The Hall–Kier alpha value is -4.08. The van der Waals surface area contributed by atoms with E-state index in [2.05, 4.69) is 16.0 Å². The Kier molecular flexibility index (Phi) is 5.32. The largest absolute Gasteiger partial charge is 0.306 e. The van der Waals surface area contributed by atoms with Crippen LogP contribution in [-0.2, 0) is 19.5 Å². The van der Waals surface area contributed by atoms with Gasteiger partial charge in [0.15, 0.2) is 0 Å². The molecule has 0 atom stereocenters. The van der Waals surface area contributed by atoms with Crippen LogP contribution in [0.5, 0.6) is 0 Å². The van der Waals surface area contributed by atoms with Gasteiger partial charge in [0, 0.05) is 37.2 Å². The summed E-state index contributed by atoms with van der Waals surface area (Å²) in [5.41, 5.74) is 5.74. The fraction of sp³-hybridized carbons (Fsp3) is 0.154. The third kappa shape index (κ3) is 4.07. The summed E-state index contributed by atoms with van der Waals surface area (Å²) in [5.74, 6) is 0.622. The summed E-state index contributed by atoms with van der Waals surface area (Å²) in [4.78, 5) is 27.5. The van der Waals surface area contributed by atoms with Gasteiger partial charge in [-0.05, 0) is 24.3 Å². The van der Waals surface area contributed by atoms with Crippen molar-refractivity contribution in [2.24, 2.45) is 0 Å². The van der Waals surface area contributed by atoms with E-state index in [4.69, 9.17) is 15.2 Å². The minimum Gasteiger partial charge on any atom is -0.306 e. The number of rotatable bonds is 4. The van der Waals surface area contributed by atoms with Gasteiger partial charge in [0.05, 0.1) is 34.3 Å². The molecule has 1 aliphatic heterocycles. The molecule has 0 amide bonds. The van der Waals surface area contributed by atoms with Crippen molar-refractivity contribution in [2.75, 3.05) is 6.54 Å². The van der Waals surface area contributed by atoms with Crippen LogP contribution in [0.15, 0.2) is 77.6 Å². The van der Waals surface area contributed by atoms with Gasteiger partial charge in [0.25, 0.3) is 5.56 Å². The predicted octanol–water partition coefficient (Wildman–Crippen LogP) is 3.93.